The summed E-state index contributed by atoms with van der Waals surface area (Å²) in [5.74, 6) is -1.12. The van der Waals surface area contributed by atoms with Crippen molar-refractivity contribution in [3.8, 4) is 5.75 Å². The Balaban J connectivity index is 1.75. The number of ether oxygens (including phenoxy) is 2. The molecule has 0 aromatic heterocycles. The highest BCUT2D eigenvalue weighted by Crippen LogP contribution is 2.25. The number of aryl methyl sites for hydroxylation is 1. The van der Waals surface area contributed by atoms with Crippen molar-refractivity contribution in [2.45, 2.75) is 24.8 Å². The maximum absolute atomic E-state index is 13.7. The molecule has 1 aliphatic heterocycles. The molecule has 1 N–H and O–H groups in total. The molecule has 1 heterocycles. The molecule has 1 atom stereocenters. The van der Waals surface area contributed by atoms with Gasteiger partial charge in [-0.1, -0.05) is 18.2 Å². The summed E-state index contributed by atoms with van der Waals surface area (Å²) in [4.78, 5) is 12.6. The van der Waals surface area contributed by atoms with Crippen molar-refractivity contribution in [2.24, 2.45) is 0 Å². The van der Waals surface area contributed by atoms with Gasteiger partial charge in [-0.2, -0.15) is 4.31 Å². The van der Waals surface area contributed by atoms with Gasteiger partial charge in [-0.25, -0.2) is 12.8 Å². The Bertz CT molecular complexity index is 990. The molecule has 2 aromatic rings. The lowest BCUT2D eigenvalue weighted by Gasteiger charge is -2.27. The van der Waals surface area contributed by atoms with Crippen molar-refractivity contribution in [2.75, 3.05) is 31.6 Å². The van der Waals surface area contributed by atoms with Gasteiger partial charge in [0.1, 0.15) is 0 Å². The Morgan fingerprint density at radius 3 is 2.59 bits per heavy atom. The molecule has 0 radical (unpaired) electrons. The van der Waals surface area contributed by atoms with E-state index in [1.165, 1.54) is 35.5 Å². The molecule has 1 aliphatic rings. The van der Waals surface area contributed by atoms with E-state index in [9.17, 15) is 17.6 Å². The number of rotatable bonds is 6. The number of carbonyl (C=O) groups excluding carboxylic acids is 1. The van der Waals surface area contributed by atoms with Crippen LogP contribution in [0.2, 0.25) is 0 Å². The van der Waals surface area contributed by atoms with Crippen LogP contribution in [-0.2, 0) is 19.6 Å². The summed E-state index contributed by atoms with van der Waals surface area (Å²) in [6, 6.07) is 10.5. The maximum Gasteiger partial charge on any atom is 0.265 e. The largest absolute Gasteiger partial charge is 0.478 e. The summed E-state index contributed by atoms with van der Waals surface area (Å²) < 4.78 is 51.6. The first-order chi connectivity index (χ1) is 13.8. The number of morpholine rings is 1. The van der Waals surface area contributed by atoms with E-state index in [-0.39, 0.29) is 23.7 Å². The van der Waals surface area contributed by atoms with Gasteiger partial charge in [0, 0.05) is 18.8 Å². The molecule has 0 spiro atoms. The van der Waals surface area contributed by atoms with Gasteiger partial charge in [-0.15, -0.1) is 0 Å². The average molecular weight is 422 g/mol. The van der Waals surface area contributed by atoms with Gasteiger partial charge < -0.3 is 14.8 Å². The Morgan fingerprint density at radius 1 is 1.21 bits per heavy atom. The predicted molar refractivity (Wildman–Crippen MR) is 106 cm³/mol. The first-order valence-corrected chi connectivity index (χ1v) is 10.6. The molecule has 9 heteroatoms. The zero-order valence-electron chi connectivity index (χ0n) is 16.2. The van der Waals surface area contributed by atoms with E-state index in [0.717, 1.165) is 0 Å². The molecule has 0 unspecified atom stereocenters. The smallest absolute Gasteiger partial charge is 0.265 e. The van der Waals surface area contributed by atoms with Crippen LogP contribution in [0, 0.1) is 12.7 Å². The zero-order valence-corrected chi connectivity index (χ0v) is 17.0. The molecule has 0 bridgehead atoms. The Morgan fingerprint density at radius 2 is 1.90 bits per heavy atom. The van der Waals surface area contributed by atoms with Gasteiger partial charge in [0.2, 0.25) is 10.0 Å². The fourth-order valence-electron chi connectivity index (χ4n) is 2.91. The highest BCUT2D eigenvalue weighted by Gasteiger charge is 2.28. The molecule has 0 saturated carbocycles. The third-order valence-corrected chi connectivity index (χ3v) is 6.59. The summed E-state index contributed by atoms with van der Waals surface area (Å²) in [6.45, 7) is 4.45. The van der Waals surface area contributed by atoms with E-state index >= 15 is 0 Å². The van der Waals surface area contributed by atoms with Crippen molar-refractivity contribution < 1.29 is 27.1 Å². The summed E-state index contributed by atoms with van der Waals surface area (Å²) in [5.41, 5.74) is 0.890. The summed E-state index contributed by atoms with van der Waals surface area (Å²) in [6.07, 6.45) is -0.979. The molecule has 7 nitrogen and oxygen atoms in total. The van der Waals surface area contributed by atoms with Gasteiger partial charge in [-0.3, -0.25) is 4.79 Å². The lowest BCUT2D eigenvalue weighted by Crippen LogP contribution is -2.40. The fraction of sp³-hybridized carbons (Fsp3) is 0.350. The third kappa shape index (κ3) is 4.92. The second kappa shape index (κ2) is 8.89. The molecule has 1 amide bonds. The van der Waals surface area contributed by atoms with Crippen LogP contribution in [0.1, 0.15) is 12.5 Å². The number of nitrogens with zero attached hydrogens (tertiary/aromatic N) is 1. The van der Waals surface area contributed by atoms with Crippen molar-refractivity contribution in [3.05, 3.63) is 53.8 Å². The van der Waals surface area contributed by atoms with E-state index in [4.69, 9.17) is 9.47 Å². The van der Waals surface area contributed by atoms with Gasteiger partial charge in [-0.05, 0) is 43.7 Å². The monoisotopic (exact) mass is 422 g/mol. The zero-order chi connectivity index (χ0) is 21.0. The van der Waals surface area contributed by atoms with Crippen LogP contribution < -0.4 is 10.1 Å². The van der Waals surface area contributed by atoms with Gasteiger partial charge in [0.25, 0.3) is 5.91 Å². The predicted octanol–water partition coefficient (Wildman–Crippen LogP) is 2.56. The molecule has 2 aromatic carbocycles. The van der Waals surface area contributed by atoms with Crippen LogP contribution in [-0.4, -0.2) is 51.0 Å². The normalized spacial score (nSPS) is 16.2. The number of amides is 1. The van der Waals surface area contributed by atoms with Gasteiger partial charge >= 0.3 is 0 Å². The molecule has 156 valence electrons. The lowest BCUT2D eigenvalue weighted by molar-refractivity contribution is -0.122. The number of anilines is 1. The number of para-hydroxylation sites is 1. The number of sulfonamides is 1. The van der Waals surface area contributed by atoms with Crippen molar-refractivity contribution in [3.63, 3.8) is 0 Å². The fourth-order valence-corrected chi connectivity index (χ4v) is 4.57. The van der Waals surface area contributed by atoms with E-state index < -0.39 is 27.9 Å². The van der Waals surface area contributed by atoms with Crippen LogP contribution in [0.3, 0.4) is 0 Å². The third-order valence-electron chi connectivity index (χ3n) is 4.55. The molecule has 3 rings (SSSR count). The summed E-state index contributed by atoms with van der Waals surface area (Å²) in [7, 11) is -3.70. The molecule has 1 saturated heterocycles. The van der Waals surface area contributed by atoms with E-state index in [1.54, 1.807) is 25.1 Å². The first kappa shape index (κ1) is 21.2. The summed E-state index contributed by atoms with van der Waals surface area (Å²) >= 11 is 0. The number of carbonyl (C=O) groups is 1. The van der Waals surface area contributed by atoms with E-state index in [1.807, 2.05) is 0 Å². The van der Waals surface area contributed by atoms with E-state index in [2.05, 4.69) is 5.32 Å². The minimum absolute atomic E-state index is 0.0327. The van der Waals surface area contributed by atoms with Gasteiger partial charge in [0.05, 0.1) is 18.1 Å². The number of halogens is 1. The minimum atomic E-state index is -3.70. The van der Waals surface area contributed by atoms with Crippen LogP contribution in [0.5, 0.6) is 5.75 Å². The van der Waals surface area contributed by atoms with Gasteiger partial charge in [0.15, 0.2) is 17.7 Å². The van der Waals surface area contributed by atoms with Crippen LogP contribution in [0.4, 0.5) is 10.1 Å². The lowest BCUT2D eigenvalue weighted by atomic mass is 10.2. The number of hydrogen-bond donors (Lipinski definition) is 1. The number of hydrogen-bond acceptors (Lipinski definition) is 5. The molecule has 1 fully saturated rings. The maximum atomic E-state index is 13.7. The quantitative estimate of drug-likeness (QED) is 0.773. The van der Waals surface area contributed by atoms with Crippen LogP contribution >= 0.6 is 0 Å². The summed E-state index contributed by atoms with van der Waals surface area (Å²) in [5, 5.41) is 2.63. The van der Waals surface area contributed by atoms with E-state index in [0.29, 0.717) is 24.5 Å². The highest BCUT2D eigenvalue weighted by atomic mass is 32.2. The standard InChI is InChI=1S/C20H23FN2O5S/c1-14-7-8-16(13-19(14)29(25,26)23-9-11-27-12-10-23)22-20(24)15(2)28-18-6-4-3-5-17(18)21/h3-8,13,15H,9-12H2,1-2H3,(H,22,24)/t15-/m0/s1. The second-order valence-corrected chi connectivity index (χ2v) is 8.58. The highest BCUT2D eigenvalue weighted by molar-refractivity contribution is 7.89. The Kier molecular flexibility index (Phi) is 6.51. The first-order valence-electron chi connectivity index (χ1n) is 9.19. The molecule has 29 heavy (non-hydrogen) atoms. The molecular formula is C20H23FN2O5S. The SMILES string of the molecule is Cc1ccc(NC(=O)[C@H](C)Oc2ccccc2F)cc1S(=O)(=O)N1CCOCC1. The average Bonchev–Trinajstić information content (AvgIpc) is 2.71. The van der Waals surface area contributed by atoms with Crippen molar-refractivity contribution in [1.82, 2.24) is 4.31 Å². The van der Waals surface area contributed by atoms with Crippen molar-refractivity contribution >= 4 is 21.6 Å². The number of benzene rings is 2. The van der Waals surface area contributed by atoms with Crippen LogP contribution in [0.15, 0.2) is 47.4 Å². The second-order valence-electron chi connectivity index (χ2n) is 6.68. The molecular weight excluding hydrogens is 399 g/mol. The van der Waals surface area contributed by atoms with Crippen molar-refractivity contribution in [1.29, 1.82) is 0 Å². The number of nitrogens with one attached hydrogen (secondary N) is 1. The topological polar surface area (TPSA) is 84.9 Å². The minimum Gasteiger partial charge on any atom is -0.478 e. The van der Waals surface area contributed by atoms with Crippen LogP contribution in [0.25, 0.3) is 0 Å². The molecule has 0 aliphatic carbocycles. The Hall–Kier alpha value is -2.49. The Labute approximate surface area is 169 Å².